The van der Waals surface area contributed by atoms with Crippen LogP contribution in [0.3, 0.4) is 0 Å². The fourth-order valence-corrected chi connectivity index (χ4v) is 4.22. The van der Waals surface area contributed by atoms with Crippen LogP contribution in [-0.2, 0) is 11.3 Å². The molecule has 6 heteroatoms. The molecule has 1 saturated heterocycles. The topological polar surface area (TPSA) is 51.1 Å². The van der Waals surface area contributed by atoms with Gasteiger partial charge in [-0.25, -0.2) is 9.07 Å². The second kappa shape index (κ2) is 7.86. The number of nitrogens with one attached hydrogen (secondary N) is 2. The molecule has 1 aromatic carbocycles. The maximum absolute atomic E-state index is 13.1. The zero-order chi connectivity index (χ0) is 17.9. The third kappa shape index (κ3) is 3.82. The Bertz CT molecular complexity index is 724. The van der Waals surface area contributed by atoms with Gasteiger partial charge in [-0.3, -0.25) is 0 Å². The normalized spacial score (nSPS) is 26.3. The minimum absolute atomic E-state index is 0.230. The Kier molecular flexibility index (Phi) is 5.33. The van der Waals surface area contributed by atoms with E-state index in [4.69, 9.17) is 4.74 Å². The van der Waals surface area contributed by atoms with E-state index in [1.165, 1.54) is 37.0 Å². The first-order chi connectivity index (χ1) is 12.7. The van der Waals surface area contributed by atoms with E-state index in [2.05, 4.69) is 15.7 Å². The molecule has 26 heavy (non-hydrogen) atoms. The molecule has 0 spiro atoms. The van der Waals surface area contributed by atoms with Crippen molar-refractivity contribution in [2.75, 3.05) is 19.8 Å². The van der Waals surface area contributed by atoms with Crippen molar-refractivity contribution in [3.05, 3.63) is 47.5 Å². The van der Waals surface area contributed by atoms with Crippen molar-refractivity contribution in [2.24, 2.45) is 5.92 Å². The number of benzene rings is 1. The molecule has 2 fully saturated rings. The van der Waals surface area contributed by atoms with Gasteiger partial charge in [-0.05, 0) is 49.9 Å². The molecular formula is C20H27FN4O. The van der Waals surface area contributed by atoms with Crippen LogP contribution in [0.25, 0.3) is 5.69 Å². The highest BCUT2D eigenvalue weighted by atomic mass is 19.1. The van der Waals surface area contributed by atoms with E-state index in [0.717, 1.165) is 37.7 Å². The lowest BCUT2D eigenvalue weighted by atomic mass is 9.94. The summed E-state index contributed by atoms with van der Waals surface area (Å²) in [6, 6.07) is 7.41. The van der Waals surface area contributed by atoms with E-state index in [9.17, 15) is 4.39 Å². The molecule has 3 unspecified atom stereocenters. The lowest BCUT2D eigenvalue weighted by Crippen LogP contribution is -2.50. The molecule has 1 aliphatic carbocycles. The van der Waals surface area contributed by atoms with Gasteiger partial charge in [-0.2, -0.15) is 5.10 Å². The van der Waals surface area contributed by atoms with Gasteiger partial charge in [0.05, 0.1) is 24.6 Å². The van der Waals surface area contributed by atoms with Crippen LogP contribution >= 0.6 is 0 Å². The fraction of sp³-hybridized carbons (Fsp3) is 0.550. The summed E-state index contributed by atoms with van der Waals surface area (Å²) in [6.07, 6.45) is 5.79. The maximum Gasteiger partial charge on any atom is 0.123 e. The van der Waals surface area contributed by atoms with Gasteiger partial charge in [0, 0.05) is 36.9 Å². The number of hydrogen-bond acceptors (Lipinski definition) is 4. The first kappa shape index (κ1) is 17.6. The number of rotatable bonds is 5. The molecule has 2 aliphatic rings. The van der Waals surface area contributed by atoms with Gasteiger partial charge in [0.1, 0.15) is 5.82 Å². The number of halogens is 1. The Balaban J connectivity index is 1.40. The number of nitrogens with zero attached hydrogens (tertiary/aromatic N) is 2. The summed E-state index contributed by atoms with van der Waals surface area (Å²) in [6.45, 7) is 5.44. The molecule has 5 nitrogen and oxygen atoms in total. The Morgan fingerprint density at radius 3 is 2.92 bits per heavy atom. The average molecular weight is 358 g/mol. The van der Waals surface area contributed by atoms with Crippen molar-refractivity contribution >= 4 is 0 Å². The molecular weight excluding hydrogens is 331 g/mol. The second-order valence-corrected chi connectivity index (χ2v) is 7.38. The zero-order valence-corrected chi connectivity index (χ0v) is 15.2. The molecule has 1 aliphatic heterocycles. The summed E-state index contributed by atoms with van der Waals surface area (Å²) < 4.78 is 20.6. The molecule has 0 radical (unpaired) electrons. The maximum atomic E-state index is 13.1. The first-order valence-corrected chi connectivity index (χ1v) is 9.56. The molecule has 2 heterocycles. The van der Waals surface area contributed by atoms with E-state index in [1.807, 2.05) is 17.8 Å². The smallest absolute Gasteiger partial charge is 0.123 e. The number of morpholine rings is 1. The van der Waals surface area contributed by atoms with Gasteiger partial charge >= 0.3 is 0 Å². The van der Waals surface area contributed by atoms with Crippen molar-refractivity contribution in [1.29, 1.82) is 0 Å². The molecule has 140 valence electrons. The van der Waals surface area contributed by atoms with E-state index in [0.29, 0.717) is 18.0 Å². The lowest BCUT2D eigenvalue weighted by Gasteiger charge is -2.33. The molecule has 2 N–H and O–H groups in total. The minimum atomic E-state index is -0.230. The molecule has 4 rings (SSSR count). The Morgan fingerprint density at radius 2 is 2.15 bits per heavy atom. The van der Waals surface area contributed by atoms with Crippen molar-refractivity contribution in [3.8, 4) is 5.69 Å². The van der Waals surface area contributed by atoms with Crippen LogP contribution in [0.1, 0.15) is 30.5 Å². The van der Waals surface area contributed by atoms with Crippen LogP contribution in [0.2, 0.25) is 0 Å². The van der Waals surface area contributed by atoms with E-state index in [1.54, 1.807) is 12.1 Å². The van der Waals surface area contributed by atoms with Gasteiger partial charge in [0.15, 0.2) is 0 Å². The average Bonchev–Trinajstić information content (AvgIpc) is 3.28. The van der Waals surface area contributed by atoms with Crippen molar-refractivity contribution in [2.45, 2.75) is 44.8 Å². The van der Waals surface area contributed by atoms with Crippen LogP contribution in [0.5, 0.6) is 0 Å². The fourth-order valence-electron chi connectivity index (χ4n) is 4.22. The van der Waals surface area contributed by atoms with Gasteiger partial charge in [0.2, 0.25) is 0 Å². The van der Waals surface area contributed by atoms with Gasteiger partial charge < -0.3 is 15.4 Å². The summed E-state index contributed by atoms with van der Waals surface area (Å²) >= 11 is 0. The molecule has 1 aromatic heterocycles. The number of aromatic nitrogens is 2. The van der Waals surface area contributed by atoms with Gasteiger partial charge in [-0.1, -0.05) is 6.42 Å². The van der Waals surface area contributed by atoms with E-state index < -0.39 is 0 Å². The predicted octanol–water partition coefficient (Wildman–Crippen LogP) is 2.57. The predicted molar refractivity (Wildman–Crippen MR) is 98.8 cm³/mol. The summed E-state index contributed by atoms with van der Waals surface area (Å²) in [5.74, 6) is 0.398. The van der Waals surface area contributed by atoms with Crippen LogP contribution in [0, 0.1) is 18.7 Å². The molecule has 2 aromatic rings. The third-order valence-electron chi connectivity index (χ3n) is 5.68. The van der Waals surface area contributed by atoms with E-state index >= 15 is 0 Å². The van der Waals surface area contributed by atoms with Crippen molar-refractivity contribution < 1.29 is 9.13 Å². The highest BCUT2D eigenvalue weighted by Crippen LogP contribution is 2.30. The number of hydrogen-bond donors (Lipinski definition) is 2. The SMILES string of the molecule is Cc1nn(-c2ccc(F)cc2)cc1CNC1CCCC1C1COCCN1. The summed E-state index contributed by atoms with van der Waals surface area (Å²) in [5.41, 5.74) is 3.08. The van der Waals surface area contributed by atoms with Crippen LogP contribution in [0.15, 0.2) is 30.5 Å². The monoisotopic (exact) mass is 358 g/mol. The summed E-state index contributed by atoms with van der Waals surface area (Å²) in [7, 11) is 0. The van der Waals surface area contributed by atoms with Crippen LogP contribution in [0.4, 0.5) is 4.39 Å². The Labute approximate surface area is 153 Å². The highest BCUT2D eigenvalue weighted by Gasteiger charge is 2.34. The zero-order valence-electron chi connectivity index (χ0n) is 15.2. The van der Waals surface area contributed by atoms with Gasteiger partial charge in [0.25, 0.3) is 0 Å². The van der Waals surface area contributed by atoms with Crippen molar-refractivity contribution in [1.82, 2.24) is 20.4 Å². The second-order valence-electron chi connectivity index (χ2n) is 7.38. The first-order valence-electron chi connectivity index (χ1n) is 9.56. The van der Waals surface area contributed by atoms with Crippen molar-refractivity contribution in [3.63, 3.8) is 0 Å². The van der Waals surface area contributed by atoms with E-state index in [-0.39, 0.29) is 5.82 Å². The molecule has 0 amide bonds. The summed E-state index contributed by atoms with van der Waals surface area (Å²) in [5, 5.41) is 12.0. The van der Waals surface area contributed by atoms with Gasteiger partial charge in [-0.15, -0.1) is 0 Å². The molecule has 1 saturated carbocycles. The number of aryl methyl sites for hydroxylation is 1. The Morgan fingerprint density at radius 1 is 1.31 bits per heavy atom. The molecule has 0 bridgehead atoms. The lowest BCUT2D eigenvalue weighted by molar-refractivity contribution is 0.0524. The van der Waals surface area contributed by atoms with Crippen LogP contribution in [-0.4, -0.2) is 41.6 Å². The summed E-state index contributed by atoms with van der Waals surface area (Å²) in [4.78, 5) is 0. The number of ether oxygens (including phenoxy) is 1. The molecule has 3 atom stereocenters. The quantitative estimate of drug-likeness (QED) is 0.863. The minimum Gasteiger partial charge on any atom is -0.379 e. The highest BCUT2D eigenvalue weighted by molar-refractivity contribution is 5.33. The standard InChI is InChI=1S/C20H27FN4O/c1-14-15(12-25(24-14)17-7-5-16(21)6-8-17)11-23-19-4-2-3-18(19)20-13-26-10-9-22-20/h5-8,12,18-20,22-23H,2-4,9-11,13H2,1H3. The Hall–Kier alpha value is -1.76. The van der Waals surface area contributed by atoms with Crippen LogP contribution < -0.4 is 10.6 Å². The third-order valence-corrected chi connectivity index (χ3v) is 5.68. The largest absolute Gasteiger partial charge is 0.379 e.